The van der Waals surface area contributed by atoms with Crippen LogP contribution in [0.15, 0.2) is 48.0 Å². The lowest BCUT2D eigenvalue weighted by molar-refractivity contribution is 0.0697. The third kappa shape index (κ3) is 5.58. The molecule has 0 saturated carbocycles. The van der Waals surface area contributed by atoms with Gasteiger partial charge in [0.15, 0.2) is 5.13 Å². The number of aromatic carboxylic acids is 1. The summed E-state index contributed by atoms with van der Waals surface area (Å²) in [6.45, 7) is 8.17. The zero-order valence-electron chi connectivity index (χ0n) is 19.5. The summed E-state index contributed by atoms with van der Waals surface area (Å²) < 4.78 is 5.24. The van der Waals surface area contributed by atoms with Crippen molar-refractivity contribution >= 4 is 51.2 Å². The van der Waals surface area contributed by atoms with Crippen LogP contribution in [0.5, 0.6) is 5.75 Å². The van der Waals surface area contributed by atoms with Crippen molar-refractivity contribution in [3.63, 3.8) is 0 Å². The minimum Gasteiger partial charge on any atom is -0.495 e. The Bertz CT molecular complexity index is 1270. The molecule has 0 saturated heterocycles. The lowest BCUT2D eigenvalue weighted by atomic mass is 10.1. The zero-order valence-corrected chi connectivity index (χ0v) is 21.9. The maximum Gasteiger partial charge on any atom is 0.339 e. The van der Waals surface area contributed by atoms with Gasteiger partial charge in [-0.3, -0.25) is 0 Å². The van der Waals surface area contributed by atoms with E-state index >= 15 is 0 Å². The summed E-state index contributed by atoms with van der Waals surface area (Å²) in [7, 11) is 1.57. The number of carbonyl (C=O) groups is 1. The smallest absolute Gasteiger partial charge is 0.339 e. The largest absolute Gasteiger partial charge is 0.495 e. The Morgan fingerprint density at radius 2 is 1.94 bits per heavy atom. The molecule has 0 aliphatic carbocycles. The van der Waals surface area contributed by atoms with E-state index in [0.29, 0.717) is 15.9 Å². The standard InChI is InChI=1S/C23H20ClN3O3S2.C2H6/c1-12(2)20-19(13-6-7-17(30-3)16(24)10-13)26-23(32-20)27-21-15(22(28)29)9-14(11-25-21)18-5-4-8-31-18;1-2/h4-12H,1-3H3,(H,28,29)(H,25,26,27);1-2H3. The van der Waals surface area contributed by atoms with Crippen molar-refractivity contribution in [3.05, 3.63) is 63.4 Å². The van der Waals surface area contributed by atoms with Gasteiger partial charge in [-0.25, -0.2) is 14.8 Å². The third-order valence-electron chi connectivity index (χ3n) is 4.75. The summed E-state index contributed by atoms with van der Waals surface area (Å²) in [6, 6.07) is 11.0. The summed E-state index contributed by atoms with van der Waals surface area (Å²) in [5.74, 6) is 0.00522. The fourth-order valence-electron chi connectivity index (χ4n) is 3.20. The summed E-state index contributed by atoms with van der Waals surface area (Å²) in [6.07, 6.45) is 1.67. The van der Waals surface area contributed by atoms with Crippen LogP contribution in [0.2, 0.25) is 5.02 Å². The van der Waals surface area contributed by atoms with Gasteiger partial charge in [0, 0.05) is 27.1 Å². The van der Waals surface area contributed by atoms with E-state index in [1.807, 2.05) is 49.6 Å². The molecule has 4 aromatic rings. The van der Waals surface area contributed by atoms with E-state index in [2.05, 4.69) is 24.1 Å². The van der Waals surface area contributed by atoms with E-state index in [0.717, 1.165) is 26.6 Å². The highest BCUT2D eigenvalue weighted by atomic mass is 35.5. The molecule has 0 aliphatic heterocycles. The van der Waals surface area contributed by atoms with Crippen LogP contribution in [0.4, 0.5) is 10.9 Å². The molecule has 3 heterocycles. The number of pyridine rings is 1. The van der Waals surface area contributed by atoms with E-state index in [4.69, 9.17) is 21.3 Å². The van der Waals surface area contributed by atoms with E-state index < -0.39 is 5.97 Å². The van der Waals surface area contributed by atoms with E-state index in [1.54, 1.807) is 19.4 Å². The molecule has 9 heteroatoms. The molecule has 6 nitrogen and oxygen atoms in total. The Kier molecular flexibility index (Phi) is 8.66. The fraction of sp³-hybridized carbons (Fsp3) is 0.240. The third-order valence-corrected chi connectivity index (χ3v) is 7.24. The number of thiophene rings is 1. The van der Waals surface area contributed by atoms with Crippen LogP contribution in [0, 0.1) is 0 Å². The second-order valence-electron chi connectivity index (χ2n) is 7.26. The maximum atomic E-state index is 11.9. The van der Waals surface area contributed by atoms with E-state index in [9.17, 15) is 9.90 Å². The number of halogens is 1. The summed E-state index contributed by atoms with van der Waals surface area (Å²) >= 11 is 9.32. The average Bonchev–Trinajstić information content (AvgIpc) is 3.51. The van der Waals surface area contributed by atoms with Crippen molar-refractivity contribution < 1.29 is 14.6 Å². The number of hydrogen-bond acceptors (Lipinski definition) is 7. The maximum absolute atomic E-state index is 11.9. The number of carboxylic acids is 1. The molecular weight excluding hydrogens is 490 g/mol. The lowest BCUT2D eigenvalue weighted by Crippen LogP contribution is -2.05. The van der Waals surface area contributed by atoms with Crippen LogP contribution >= 0.6 is 34.3 Å². The van der Waals surface area contributed by atoms with Crippen molar-refractivity contribution in [2.75, 3.05) is 12.4 Å². The second kappa shape index (κ2) is 11.5. The van der Waals surface area contributed by atoms with Gasteiger partial charge in [-0.05, 0) is 41.6 Å². The number of nitrogens with one attached hydrogen (secondary N) is 1. The van der Waals surface area contributed by atoms with E-state index in [1.165, 1.54) is 22.7 Å². The molecule has 0 amide bonds. The number of ether oxygens (including phenoxy) is 1. The van der Waals surface area contributed by atoms with E-state index in [-0.39, 0.29) is 17.3 Å². The monoisotopic (exact) mass is 515 g/mol. The van der Waals surface area contributed by atoms with Gasteiger partial charge in [-0.1, -0.05) is 45.4 Å². The molecule has 2 N–H and O–H groups in total. The molecule has 178 valence electrons. The Morgan fingerprint density at radius 3 is 2.53 bits per heavy atom. The van der Waals surface area contributed by atoms with Gasteiger partial charge < -0.3 is 15.2 Å². The second-order valence-corrected chi connectivity index (χ2v) is 9.65. The molecular formula is C25H26ClN3O3S2. The van der Waals surface area contributed by atoms with Crippen LogP contribution in [0.1, 0.15) is 48.8 Å². The highest BCUT2D eigenvalue weighted by molar-refractivity contribution is 7.16. The number of methoxy groups -OCH3 is 1. The average molecular weight is 516 g/mol. The van der Waals surface area contributed by atoms with Gasteiger partial charge in [0.05, 0.1) is 17.8 Å². The Balaban J connectivity index is 0.00000158. The first kappa shape index (κ1) is 25.7. The van der Waals surface area contributed by atoms with Crippen LogP contribution in [0.25, 0.3) is 21.7 Å². The number of hydrogen-bond donors (Lipinski definition) is 2. The van der Waals surface area contributed by atoms with Crippen molar-refractivity contribution in [2.24, 2.45) is 0 Å². The minimum atomic E-state index is -1.05. The van der Waals surface area contributed by atoms with Crippen LogP contribution in [-0.2, 0) is 0 Å². The van der Waals surface area contributed by atoms with Gasteiger partial charge in [-0.2, -0.15) is 0 Å². The zero-order chi connectivity index (χ0) is 24.8. The first-order valence-corrected chi connectivity index (χ1v) is 12.8. The van der Waals surface area contributed by atoms with Gasteiger partial charge in [0.25, 0.3) is 0 Å². The molecule has 0 unspecified atom stereocenters. The van der Waals surface area contributed by atoms with Crippen LogP contribution < -0.4 is 10.1 Å². The van der Waals surface area contributed by atoms with Crippen molar-refractivity contribution in [1.29, 1.82) is 0 Å². The Morgan fingerprint density at radius 1 is 1.18 bits per heavy atom. The molecule has 0 radical (unpaired) electrons. The molecule has 0 atom stereocenters. The predicted molar refractivity (Wildman–Crippen MR) is 142 cm³/mol. The molecule has 1 aromatic carbocycles. The number of anilines is 2. The first-order valence-electron chi connectivity index (χ1n) is 10.8. The molecule has 0 bridgehead atoms. The highest BCUT2D eigenvalue weighted by Crippen LogP contribution is 2.39. The first-order chi connectivity index (χ1) is 16.4. The molecule has 4 rings (SSSR count). The molecule has 0 spiro atoms. The fourth-order valence-corrected chi connectivity index (χ4v) is 5.16. The number of nitrogens with zero attached hydrogens (tertiary/aromatic N) is 2. The van der Waals surface area contributed by atoms with Gasteiger partial charge in [0.2, 0.25) is 0 Å². The summed E-state index contributed by atoms with van der Waals surface area (Å²) in [5.41, 5.74) is 2.51. The molecule has 34 heavy (non-hydrogen) atoms. The Hall–Kier alpha value is -2.94. The SMILES string of the molecule is CC.COc1ccc(-c2nc(Nc3ncc(-c4cccs4)cc3C(=O)O)sc2C(C)C)cc1Cl. The number of aromatic nitrogens is 2. The highest BCUT2D eigenvalue weighted by Gasteiger charge is 2.20. The molecule has 3 aromatic heterocycles. The number of thiazole rings is 1. The lowest BCUT2D eigenvalue weighted by Gasteiger charge is -2.08. The van der Waals surface area contributed by atoms with Gasteiger partial charge in [0.1, 0.15) is 17.1 Å². The van der Waals surface area contributed by atoms with Crippen molar-refractivity contribution in [1.82, 2.24) is 9.97 Å². The minimum absolute atomic E-state index is 0.0891. The quantitative estimate of drug-likeness (QED) is 0.258. The predicted octanol–water partition coefficient (Wildman–Crippen LogP) is 8.19. The van der Waals surface area contributed by atoms with Gasteiger partial charge in [-0.15, -0.1) is 22.7 Å². The normalized spacial score (nSPS) is 10.6. The van der Waals surface area contributed by atoms with Crippen molar-refractivity contribution in [2.45, 2.75) is 33.6 Å². The summed E-state index contributed by atoms with van der Waals surface area (Å²) in [4.78, 5) is 23.1. The Labute approximate surface area is 212 Å². The summed E-state index contributed by atoms with van der Waals surface area (Å²) in [5, 5.41) is 15.9. The van der Waals surface area contributed by atoms with Crippen LogP contribution in [0.3, 0.4) is 0 Å². The molecule has 0 aliphatic rings. The number of carboxylic acid groups (broad SMARTS) is 1. The number of rotatable bonds is 7. The molecule has 0 fully saturated rings. The topological polar surface area (TPSA) is 84.3 Å². The van der Waals surface area contributed by atoms with Crippen LogP contribution in [-0.4, -0.2) is 28.2 Å². The van der Waals surface area contributed by atoms with Gasteiger partial charge >= 0.3 is 5.97 Å². The number of benzene rings is 1. The van der Waals surface area contributed by atoms with Crippen molar-refractivity contribution in [3.8, 4) is 27.4 Å².